The van der Waals surface area contributed by atoms with E-state index < -0.39 is 15.9 Å². The largest absolute Gasteiger partial charge is 0.490 e. The molecule has 11 nitrogen and oxygen atoms in total. The number of ether oxygens (including phenoxy) is 2. The quantitative estimate of drug-likeness (QED) is 0.419. The van der Waals surface area contributed by atoms with Gasteiger partial charge in [-0.3, -0.25) is 9.52 Å². The van der Waals surface area contributed by atoms with Crippen LogP contribution < -0.4 is 19.5 Å². The Hall–Kier alpha value is -4.45. The molecule has 5 rings (SSSR count). The summed E-state index contributed by atoms with van der Waals surface area (Å²) in [6.07, 6.45) is 5.12. The van der Waals surface area contributed by atoms with E-state index >= 15 is 0 Å². The summed E-state index contributed by atoms with van der Waals surface area (Å²) in [5, 5.41) is 6.74. The molecule has 0 fully saturated rings. The van der Waals surface area contributed by atoms with Gasteiger partial charge in [0.25, 0.3) is 15.9 Å². The molecular weight excluding hydrogens is 472 g/mol. The van der Waals surface area contributed by atoms with Gasteiger partial charge in [0, 0.05) is 23.7 Å². The number of carbonyl (C=O) groups is 1. The van der Waals surface area contributed by atoms with Crippen LogP contribution in [0.4, 0.5) is 11.4 Å². The van der Waals surface area contributed by atoms with Gasteiger partial charge < -0.3 is 14.8 Å². The van der Waals surface area contributed by atoms with Crippen LogP contribution in [-0.4, -0.2) is 47.3 Å². The highest BCUT2D eigenvalue weighted by Crippen LogP contribution is 2.32. The second kappa shape index (κ2) is 9.43. The predicted octanol–water partition coefficient (Wildman–Crippen LogP) is 2.88. The predicted molar refractivity (Wildman–Crippen MR) is 126 cm³/mol. The lowest BCUT2D eigenvalue weighted by Crippen LogP contribution is -2.15. The van der Waals surface area contributed by atoms with Crippen molar-refractivity contribution in [1.82, 2.24) is 19.7 Å². The van der Waals surface area contributed by atoms with E-state index in [1.807, 2.05) is 0 Å². The van der Waals surface area contributed by atoms with Crippen molar-refractivity contribution in [3.05, 3.63) is 79.0 Å². The second-order valence-corrected chi connectivity index (χ2v) is 9.23. The number of sulfonamides is 1. The van der Waals surface area contributed by atoms with Gasteiger partial charge >= 0.3 is 0 Å². The normalized spacial score (nSPS) is 13.0. The summed E-state index contributed by atoms with van der Waals surface area (Å²) >= 11 is 0. The lowest BCUT2D eigenvalue weighted by molar-refractivity contribution is 0.102. The Morgan fingerprint density at radius 1 is 0.971 bits per heavy atom. The minimum absolute atomic E-state index is 0.0233. The highest BCUT2D eigenvalue weighted by Gasteiger charge is 2.19. The molecule has 1 amide bonds. The molecule has 1 aliphatic heterocycles. The Bertz CT molecular complexity index is 1460. The fourth-order valence-electron chi connectivity index (χ4n) is 3.37. The fourth-order valence-corrected chi connectivity index (χ4v) is 4.44. The molecule has 0 saturated carbocycles. The van der Waals surface area contributed by atoms with Crippen molar-refractivity contribution in [1.29, 1.82) is 0 Å². The lowest BCUT2D eigenvalue weighted by atomic mass is 10.2. The molecule has 178 valence electrons. The number of amides is 1. The van der Waals surface area contributed by atoms with Crippen LogP contribution in [-0.2, 0) is 10.0 Å². The van der Waals surface area contributed by atoms with E-state index in [9.17, 15) is 13.2 Å². The molecule has 0 unspecified atom stereocenters. The molecule has 0 bridgehead atoms. The number of hydrogen-bond donors (Lipinski definition) is 2. The van der Waals surface area contributed by atoms with Gasteiger partial charge in [0.2, 0.25) is 0 Å². The van der Waals surface area contributed by atoms with Crippen molar-refractivity contribution in [2.45, 2.75) is 11.3 Å². The Morgan fingerprint density at radius 2 is 1.83 bits per heavy atom. The minimum Gasteiger partial charge on any atom is -0.490 e. The summed E-state index contributed by atoms with van der Waals surface area (Å²) in [7, 11) is -3.93. The molecule has 3 heterocycles. The summed E-state index contributed by atoms with van der Waals surface area (Å²) in [6, 6.07) is 14.0. The van der Waals surface area contributed by atoms with E-state index in [0.29, 0.717) is 42.6 Å². The first-order chi connectivity index (χ1) is 17.0. The average molecular weight is 493 g/mol. The number of nitrogens with one attached hydrogen (secondary N) is 2. The van der Waals surface area contributed by atoms with Crippen LogP contribution in [0.5, 0.6) is 11.5 Å². The number of nitrogens with zero attached hydrogens (tertiary/aromatic N) is 4. The van der Waals surface area contributed by atoms with E-state index in [1.165, 1.54) is 41.7 Å². The maximum atomic E-state index is 12.9. The van der Waals surface area contributed by atoms with Gasteiger partial charge in [-0.1, -0.05) is 6.07 Å². The molecule has 1 aliphatic rings. The summed E-state index contributed by atoms with van der Waals surface area (Å²) < 4.78 is 41.0. The lowest BCUT2D eigenvalue weighted by Gasteiger charge is -2.12. The van der Waals surface area contributed by atoms with Crippen molar-refractivity contribution in [3.63, 3.8) is 0 Å². The molecule has 2 aromatic heterocycles. The van der Waals surface area contributed by atoms with E-state index in [-0.39, 0.29) is 16.1 Å². The maximum Gasteiger partial charge on any atom is 0.262 e. The molecule has 0 aliphatic carbocycles. The van der Waals surface area contributed by atoms with Gasteiger partial charge in [0.05, 0.1) is 30.0 Å². The van der Waals surface area contributed by atoms with Crippen molar-refractivity contribution < 1.29 is 22.7 Å². The smallest absolute Gasteiger partial charge is 0.262 e. The third-order valence-electron chi connectivity index (χ3n) is 5.07. The highest BCUT2D eigenvalue weighted by molar-refractivity contribution is 7.92. The second-order valence-electron chi connectivity index (χ2n) is 7.54. The summed E-state index contributed by atoms with van der Waals surface area (Å²) in [4.78, 5) is 20.9. The molecule has 0 spiro atoms. The van der Waals surface area contributed by atoms with Crippen molar-refractivity contribution >= 4 is 27.3 Å². The summed E-state index contributed by atoms with van der Waals surface area (Å²) in [5.41, 5.74) is 0.977. The highest BCUT2D eigenvalue weighted by atomic mass is 32.2. The first kappa shape index (κ1) is 22.3. The van der Waals surface area contributed by atoms with Crippen LogP contribution in [0.25, 0.3) is 5.82 Å². The molecule has 0 radical (unpaired) electrons. The molecular formula is C23H20N6O5S. The Labute approximate surface area is 200 Å². The first-order valence-corrected chi connectivity index (χ1v) is 12.1. The molecule has 2 aromatic carbocycles. The van der Waals surface area contributed by atoms with E-state index in [4.69, 9.17) is 9.47 Å². The third-order valence-corrected chi connectivity index (χ3v) is 6.44. The molecule has 4 aromatic rings. The minimum atomic E-state index is -3.93. The number of rotatable bonds is 6. The van der Waals surface area contributed by atoms with Crippen LogP contribution in [0.2, 0.25) is 0 Å². The van der Waals surface area contributed by atoms with Crippen LogP contribution in [0.1, 0.15) is 16.8 Å². The van der Waals surface area contributed by atoms with Crippen molar-refractivity contribution in [2.24, 2.45) is 0 Å². The Kier molecular flexibility index (Phi) is 6.02. The zero-order valence-corrected chi connectivity index (χ0v) is 19.1. The first-order valence-electron chi connectivity index (χ1n) is 10.6. The van der Waals surface area contributed by atoms with Crippen LogP contribution in [0, 0.1) is 0 Å². The number of aromatic nitrogens is 4. The maximum absolute atomic E-state index is 12.9. The van der Waals surface area contributed by atoms with Crippen LogP contribution in [0.3, 0.4) is 0 Å². The average Bonchev–Trinajstić information content (AvgIpc) is 3.29. The molecule has 0 saturated heterocycles. The number of carbonyl (C=O) groups excluding carboxylic acids is 1. The van der Waals surface area contributed by atoms with E-state index in [1.54, 1.807) is 36.4 Å². The third kappa shape index (κ3) is 5.06. The monoisotopic (exact) mass is 492 g/mol. The van der Waals surface area contributed by atoms with Gasteiger partial charge in [0.1, 0.15) is 12.7 Å². The van der Waals surface area contributed by atoms with Crippen LogP contribution in [0.15, 0.2) is 78.3 Å². The van der Waals surface area contributed by atoms with E-state index in [2.05, 4.69) is 25.1 Å². The summed E-state index contributed by atoms with van der Waals surface area (Å²) in [6.45, 7) is 0.952. The zero-order chi connectivity index (χ0) is 24.3. The van der Waals surface area contributed by atoms with Gasteiger partial charge in [-0.2, -0.15) is 5.10 Å². The van der Waals surface area contributed by atoms with Gasteiger partial charge in [0.15, 0.2) is 17.3 Å². The number of pyridine rings is 1. The van der Waals surface area contributed by atoms with E-state index in [0.717, 1.165) is 0 Å². The number of anilines is 2. The topological polar surface area (TPSA) is 137 Å². The van der Waals surface area contributed by atoms with Gasteiger partial charge in [-0.05, 0) is 42.5 Å². The summed E-state index contributed by atoms with van der Waals surface area (Å²) in [5.74, 6) is 1.01. The molecule has 0 atom stereocenters. The SMILES string of the molecule is O=C(Nc1ccc(-n2cncn2)nc1)c1cccc(NS(=O)(=O)c2ccc3c(c2)OCCCO3)c1. The van der Waals surface area contributed by atoms with Gasteiger partial charge in [-0.25, -0.2) is 23.1 Å². The number of benzene rings is 2. The van der Waals surface area contributed by atoms with Crippen LogP contribution >= 0.6 is 0 Å². The number of fused-ring (bicyclic) bond motifs is 1. The Morgan fingerprint density at radius 3 is 2.60 bits per heavy atom. The number of hydrogen-bond acceptors (Lipinski definition) is 8. The fraction of sp³-hybridized carbons (Fsp3) is 0.130. The Balaban J connectivity index is 1.29. The van der Waals surface area contributed by atoms with Gasteiger partial charge in [-0.15, -0.1) is 0 Å². The molecule has 35 heavy (non-hydrogen) atoms. The van der Waals surface area contributed by atoms with Crippen molar-refractivity contribution in [3.8, 4) is 17.3 Å². The zero-order valence-electron chi connectivity index (χ0n) is 18.3. The standard InChI is InChI=1S/C23H20N6O5S/c30-23(27-18-5-8-22(25-13-18)29-15-24-14-26-29)16-3-1-4-17(11-16)28-35(31,32)19-6-7-20-21(12-19)34-10-2-9-33-20/h1,3-8,11-15,28H,2,9-10H2,(H,27,30). The van der Waals surface area contributed by atoms with Crippen molar-refractivity contribution in [2.75, 3.05) is 23.3 Å². The molecule has 2 N–H and O–H groups in total. The molecule has 12 heteroatoms.